The van der Waals surface area contributed by atoms with Gasteiger partial charge in [-0.3, -0.25) is 0 Å². The molecule has 134 valence electrons. The minimum Gasteiger partial charge on any atom is -0.493 e. The molecule has 1 aromatic rings. The van der Waals surface area contributed by atoms with Crippen molar-refractivity contribution in [1.82, 2.24) is 4.98 Å². The van der Waals surface area contributed by atoms with Gasteiger partial charge < -0.3 is 14.9 Å². The van der Waals surface area contributed by atoms with E-state index in [0.29, 0.717) is 10.2 Å². The second kappa shape index (κ2) is 6.58. The molecule has 2 N–H and O–H groups in total. The zero-order valence-electron chi connectivity index (χ0n) is 14.9. The smallest absolute Gasteiger partial charge is 0.422 e. The number of carboxylic acid groups (broad SMARTS) is 2. The molecular weight excluding hydrogens is 380 g/mol. The Morgan fingerprint density at radius 2 is 1.42 bits per heavy atom. The number of aromatic nitrogens is 1. The lowest BCUT2D eigenvalue weighted by molar-refractivity contribution is 0.183. The van der Waals surface area contributed by atoms with E-state index < -0.39 is 17.6 Å². The number of amides is 2. The summed E-state index contributed by atoms with van der Waals surface area (Å²) >= 11 is 3.38. The minimum absolute atomic E-state index is 0.139. The highest BCUT2D eigenvalue weighted by molar-refractivity contribution is 9.10. The van der Waals surface area contributed by atoms with Crippen LogP contribution in [-0.4, -0.2) is 34.5 Å². The molecular formula is C16H23BrN2O5. The Morgan fingerprint density at radius 3 is 1.71 bits per heavy atom. The Balaban J connectivity index is 4.02. The summed E-state index contributed by atoms with van der Waals surface area (Å²) in [5.74, 6) is -0.136. The van der Waals surface area contributed by atoms with Crippen LogP contribution in [0.5, 0.6) is 5.75 Å². The summed E-state index contributed by atoms with van der Waals surface area (Å²) in [6, 6.07) is 0. The molecule has 0 atom stereocenters. The predicted molar refractivity (Wildman–Crippen MR) is 94.4 cm³/mol. The van der Waals surface area contributed by atoms with Crippen LogP contribution in [0.15, 0.2) is 4.60 Å². The molecule has 1 rings (SSSR count). The molecule has 0 saturated carbocycles. The van der Waals surface area contributed by atoms with Crippen molar-refractivity contribution in [3.05, 3.63) is 15.7 Å². The summed E-state index contributed by atoms with van der Waals surface area (Å²) in [4.78, 5) is 27.1. The van der Waals surface area contributed by atoms with Gasteiger partial charge >= 0.3 is 12.2 Å². The molecule has 0 spiro atoms. The fourth-order valence-corrected chi connectivity index (χ4v) is 3.50. The molecule has 2 amide bonds. The van der Waals surface area contributed by atoms with Crippen LogP contribution in [0.4, 0.5) is 15.4 Å². The quantitative estimate of drug-likeness (QED) is 0.700. The van der Waals surface area contributed by atoms with Gasteiger partial charge in [-0.25, -0.2) is 14.6 Å². The van der Waals surface area contributed by atoms with E-state index in [1.165, 1.54) is 7.11 Å². The lowest BCUT2D eigenvalue weighted by Crippen LogP contribution is -2.36. The van der Waals surface area contributed by atoms with E-state index in [1.54, 1.807) is 0 Å². The molecule has 0 bridgehead atoms. The zero-order valence-corrected chi connectivity index (χ0v) is 16.5. The fourth-order valence-electron chi connectivity index (χ4n) is 2.54. The van der Waals surface area contributed by atoms with E-state index in [2.05, 4.69) is 20.9 Å². The maximum absolute atomic E-state index is 11.4. The highest BCUT2D eigenvalue weighted by atomic mass is 79.9. The van der Waals surface area contributed by atoms with Crippen LogP contribution in [0.25, 0.3) is 0 Å². The molecule has 7 nitrogen and oxygen atoms in total. The molecule has 1 heterocycles. The van der Waals surface area contributed by atoms with Crippen LogP contribution < -0.4 is 9.64 Å². The van der Waals surface area contributed by atoms with Gasteiger partial charge in [0.1, 0.15) is 4.60 Å². The topological polar surface area (TPSA) is 100.0 Å². The van der Waals surface area contributed by atoms with Crippen molar-refractivity contribution >= 4 is 33.9 Å². The lowest BCUT2D eigenvalue weighted by Gasteiger charge is -2.33. The summed E-state index contributed by atoms with van der Waals surface area (Å²) in [7, 11) is 1.37. The standard InChI is InChI=1S/C16H23BrN2O5/c1-15(2,3)8-9(16(4,5)6)11(17)18-12(10(8)24-7)19(13(20)21)14(22)23/h1-7H3,(H,20,21)(H,22,23). The molecule has 0 saturated heterocycles. The number of carbonyl (C=O) groups is 2. The first-order chi connectivity index (χ1) is 10.7. The van der Waals surface area contributed by atoms with Crippen molar-refractivity contribution in [1.29, 1.82) is 0 Å². The number of pyridine rings is 1. The van der Waals surface area contributed by atoms with Gasteiger partial charge in [-0.1, -0.05) is 41.5 Å². The van der Waals surface area contributed by atoms with E-state index in [9.17, 15) is 19.8 Å². The molecule has 0 unspecified atom stereocenters. The van der Waals surface area contributed by atoms with Crippen LogP contribution in [0, 0.1) is 0 Å². The number of nitrogens with zero attached hydrogens (tertiary/aromatic N) is 2. The highest BCUT2D eigenvalue weighted by Gasteiger charge is 2.37. The van der Waals surface area contributed by atoms with E-state index in [4.69, 9.17) is 4.74 Å². The normalized spacial score (nSPS) is 12.0. The number of hydrogen-bond donors (Lipinski definition) is 2. The van der Waals surface area contributed by atoms with Crippen LogP contribution >= 0.6 is 15.9 Å². The third kappa shape index (κ3) is 3.80. The highest BCUT2D eigenvalue weighted by Crippen LogP contribution is 2.46. The van der Waals surface area contributed by atoms with Gasteiger partial charge in [0.15, 0.2) is 11.6 Å². The van der Waals surface area contributed by atoms with Gasteiger partial charge in [0.25, 0.3) is 0 Å². The number of hydrogen-bond acceptors (Lipinski definition) is 4. The van der Waals surface area contributed by atoms with E-state index in [-0.39, 0.29) is 21.9 Å². The van der Waals surface area contributed by atoms with Gasteiger partial charge in [0.2, 0.25) is 0 Å². The zero-order chi connectivity index (χ0) is 19.0. The van der Waals surface area contributed by atoms with Crippen molar-refractivity contribution in [2.24, 2.45) is 0 Å². The number of anilines is 1. The Hall–Kier alpha value is -1.83. The Morgan fingerprint density at radius 1 is 1.00 bits per heavy atom. The summed E-state index contributed by atoms with van der Waals surface area (Å²) in [6.07, 6.45) is -3.30. The van der Waals surface area contributed by atoms with Crippen LogP contribution in [0.1, 0.15) is 52.7 Å². The predicted octanol–water partition coefficient (Wildman–Crippen LogP) is 4.61. The molecule has 1 aromatic heterocycles. The van der Waals surface area contributed by atoms with Crippen LogP contribution in [0.3, 0.4) is 0 Å². The number of imide groups is 1. The monoisotopic (exact) mass is 402 g/mol. The van der Waals surface area contributed by atoms with Crippen molar-refractivity contribution in [2.75, 3.05) is 12.0 Å². The second-order valence-electron chi connectivity index (χ2n) is 7.41. The molecule has 0 radical (unpaired) electrons. The second-order valence-corrected chi connectivity index (χ2v) is 8.16. The number of methoxy groups -OCH3 is 1. The molecule has 0 aliphatic heterocycles. The molecule has 0 aliphatic rings. The molecule has 0 aliphatic carbocycles. The molecule has 0 fully saturated rings. The third-order valence-electron chi connectivity index (χ3n) is 3.39. The van der Waals surface area contributed by atoms with Crippen LogP contribution in [-0.2, 0) is 10.8 Å². The largest absolute Gasteiger partial charge is 0.493 e. The summed E-state index contributed by atoms with van der Waals surface area (Å²) in [5, 5.41) is 18.5. The first kappa shape index (κ1) is 20.2. The third-order valence-corrected chi connectivity index (χ3v) is 3.96. The van der Waals surface area contributed by atoms with E-state index in [1.807, 2.05) is 41.5 Å². The lowest BCUT2D eigenvalue weighted by atomic mass is 9.75. The van der Waals surface area contributed by atoms with Gasteiger partial charge in [-0.05, 0) is 32.3 Å². The maximum atomic E-state index is 11.4. The Labute approximate surface area is 149 Å². The van der Waals surface area contributed by atoms with Crippen molar-refractivity contribution in [3.63, 3.8) is 0 Å². The first-order valence-corrected chi connectivity index (χ1v) is 8.07. The maximum Gasteiger partial charge on any atom is 0.422 e. The summed E-state index contributed by atoms with van der Waals surface area (Å²) in [5.41, 5.74) is 0.794. The minimum atomic E-state index is -1.65. The number of rotatable bonds is 2. The van der Waals surface area contributed by atoms with Crippen molar-refractivity contribution < 1.29 is 24.5 Å². The van der Waals surface area contributed by atoms with Gasteiger partial charge in [-0.2, -0.15) is 4.90 Å². The van der Waals surface area contributed by atoms with Gasteiger partial charge in [-0.15, -0.1) is 0 Å². The summed E-state index contributed by atoms with van der Waals surface area (Å²) in [6.45, 7) is 11.8. The Bertz CT molecular complexity index is 661. The van der Waals surface area contributed by atoms with E-state index >= 15 is 0 Å². The van der Waals surface area contributed by atoms with Gasteiger partial charge in [0.05, 0.1) is 7.11 Å². The summed E-state index contributed by atoms with van der Waals surface area (Å²) < 4.78 is 5.82. The molecule has 0 aromatic carbocycles. The van der Waals surface area contributed by atoms with E-state index in [0.717, 1.165) is 5.56 Å². The Kier molecular flexibility index (Phi) is 5.54. The average molecular weight is 403 g/mol. The number of halogens is 1. The fraction of sp³-hybridized carbons (Fsp3) is 0.562. The van der Waals surface area contributed by atoms with Crippen LogP contribution in [0.2, 0.25) is 0 Å². The number of ether oxygens (including phenoxy) is 1. The average Bonchev–Trinajstić information content (AvgIpc) is 2.34. The SMILES string of the molecule is COc1c(N(C(=O)O)C(=O)O)nc(Br)c(C(C)(C)C)c1C(C)(C)C. The first-order valence-electron chi connectivity index (χ1n) is 7.27. The molecule has 24 heavy (non-hydrogen) atoms. The van der Waals surface area contributed by atoms with Crippen molar-refractivity contribution in [2.45, 2.75) is 52.4 Å². The van der Waals surface area contributed by atoms with Crippen molar-refractivity contribution in [3.8, 4) is 5.75 Å². The molecule has 8 heteroatoms. The van der Waals surface area contributed by atoms with Gasteiger partial charge in [0, 0.05) is 5.56 Å².